The number of nitrogens with one attached hydrogen (secondary N) is 1. The number of methoxy groups -OCH3 is 1. The van der Waals surface area contributed by atoms with Crippen molar-refractivity contribution in [3.05, 3.63) is 23.8 Å². The van der Waals surface area contributed by atoms with E-state index in [1.807, 2.05) is 18.7 Å². The van der Waals surface area contributed by atoms with Crippen LogP contribution in [0.2, 0.25) is 0 Å². The fourth-order valence-electron chi connectivity index (χ4n) is 3.73. The number of hydrogen-bond donors (Lipinski definition) is 1. The van der Waals surface area contributed by atoms with Crippen molar-refractivity contribution < 1.29 is 32.3 Å². The Hall–Kier alpha value is -2.66. The van der Waals surface area contributed by atoms with Crippen LogP contribution >= 0.6 is 0 Å². The van der Waals surface area contributed by atoms with Crippen LogP contribution < -0.4 is 10.2 Å². The van der Waals surface area contributed by atoms with Gasteiger partial charge in [-0.15, -0.1) is 0 Å². The minimum atomic E-state index is -3.78. The largest absolute Gasteiger partial charge is 0.467 e. The Labute approximate surface area is 201 Å². The van der Waals surface area contributed by atoms with Gasteiger partial charge in [-0.25, -0.2) is 22.3 Å². The summed E-state index contributed by atoms with van der Waals surface area (Å²) in [6.07, 6.45) is 3.37. The molecule has 1 aliphatic rings. The Kier molecular flexibility index (Phi) is 9.87. The van der Waals surface area contributed by atoms with Crippen molar-refractivity contribution in [2.24, 2.45) is 5.92 Å². The van der Waals surface area contributed by atoms with Gasteiger partial charge in [0.05, 0.1) is 23.3 Å². The summed E-state index contributed by atoms with van der Waals surface area (Å²) in [6, 6.07) is 3.51. The molecule has 0 radical (unpaired) electrons. The molecule has 1 amide bonds. The molecular formula is C23H35N3O7S. The first kappa shape index (κ1) is 27.6. The minimum Gasteiger partial charge on any atom is -0.467 e. The molecule has 0 saturated carbocycles. The van der Waals surface area contributed by atoms with E-state index in [1.165, 1.54) is 33.3 Å². The lowest BCUT2D eigenvalue weighted by Gasteiger charge is -2.30. The van der Waals surface area contributed by atoms with Crippen LogP contribution in [0.1, 0.15) is 49.9 Å². The standard InChI is InChI=1S/C23H35N3O7S/c1-16(2)13-19(23(29)32-5)24-21(27)15-33-22(28)18-14-17(34(30,31)25(3)4)9-10-20(18)26-11-7-6-8-12-26/h9-10,14,16,19H,6-8,11-13,15H2,1-5H3,(H,24,27). The third kappa shape index (κ3) is 7.17. The zero-order valence-electron chi connectivity index (χ0n) is 20.5. The Morgan fingerprint density at radius 3 is 2.32 bits per heavy atom. The maximum absolute atomic E-state index is 13.0. The Morgan fingerprint density at radius 1 is 1.12 bits per heavy atom. The van der Waals surface area contributed by atoms with Gasteiger partial charge in [-0.1, -0.05) is 13.8 Å². The Morgan fingerprint density at radius 2 is 1.76 bits per heavy atom. The zero-order valence-corrected chi connectivity index (χ0v) is 21.3. The maximum Gasteiger partial charge on any atom is 0.340 e. The Bertz CT molecular complexity index is 986. The predicted molar refractivity (Wildman–Crippen MR) is 127 cm³/mol. The van der Waals surface area contributed by atoms with Crippen molar-refractivity contribution in [1.29, 1.82) is 0 Å². The summed E-state index contributed by atoms with van der Waals surface area (Å²) in [5, 5.41) is 2.53. The van der Waals surface area contributed by atoms with Crippen molar-refractivity contribution >= 4 is 33.6 Å². The molecule has 1 heterocycles. The highest BCUT2D eigenvalue weighted by Gasteiger charge is 2.26. The summed E-state index contributed by atoms with van der Waals surface area (Å²) in [4.78, 5) is 39.3. The summed E-state index contributed by atoms with van der Waals surface area (Å²) >= 11 is 0. The van der Waals surface area contributed by atoms with E-state index in [2.05, 4.69) is 5.32 Å². The van der Waals surface area contributed by atoms with E-state index in [0.717, 1.165) is 36.7 Å². The third-order valence-electron chi connectivity index (χ3n) is 5.53. The molecule has 1 atom stereocenters. The van der Waals surface area contributed by atoms with Crippen LogP contribution in [0.5, 0.6) is 0 Å². The lowest BCUT2D eigenvalue weighted by Crippen LogP contribution is -2.44. The molecule has 1 N–H and O–H groups in total. The first-order chi connectivity index (χ1) is 16.0. The maximum atomic E-state index is 13.0. The third-order valence-corrected chi connectivity index (χ3v) is 7.34. The highest BCUT2D eigenvalue weighted by atomic mass is 32.2. The van der Waals surface area contributed by atoms with Crippen LogP contribution in [0.15, 0.2) is 23.1 Å². The molecule has 1 aromatic rings. The predicted octanol–water partition coefficient (Wildman–Crippen LogP) is 1.79. The molecule has 2 rings (SSSR count). The topological polar surface area (TPSA) is 122 Å². The van der Waals surface area contributed by atoms with E-state index in [-0.39, 0.29) is 16.4 Å². The van der Waals surface area contributed by atoms with Crippen LogP contribution in [0, 0.1) is 5.92 Å². The van der Waals surface area contributed by atoms with E-state index in [0.29, 0.717) is 12.1 Å². The summed E-state index contributed by atoms with van der Waals surface area (Å²) in [7, 11) is 0.275. The molecule has 11 heteroatoms. The van der Waals surface area contributed by atoms with Crippen molar-refractivity contribution in [1.82, 2.24) is 9.62 Å². The molecule has 34 heavy (non-hydrogen) atoms. The number of anilines is 1. The molecule has 10 nitrogen and oxygen atoms in total. The van der Waals surface area contributed by atoms with Gasteiger partial charge in [-0.3, -0.25) is 4.79 Å². The van der Waals surface area contributed by atoms with Crippen LogP contribution in [0.3, 0.4) is 0 Å². The number of piperidine rings is 1. The van der Waals surface area contributed by atoms with Gasteiger partial charge in [-0.2, -0.15) is 0 Å². The number of carbonyl (C=O) groups excluding carboxylic acids is 3. The molecular weight excluding hydrogens is 462 g/mol. The second-order valence-electron chi connectivity index (χ2n) is 8.86. The molecule has 1 aliphatic heterocycles. The van der Waals surface area contributed by atoms with Gasteiger partial charge < -0.3 is 19.7 Å². The molecule has 0 spiro atoms. The van der Waals surface area contributed by atoms with Gasteiger partial charge in [0.25, 0.3) is 5.91 Å². The normalized spacial score (nSPS) is 15.2. The van der Waals surface area contributed by atoms with Crippen molar-refractivity contribution in [2.45, 2.75) is 50.5 Å². The quantitative estimate of drug-likeness (QED) is 0.486. The fraction of sp³-hybridized carbons (Fsp3) is 0.609. The van der Waals surface area contributed by atoms with Crippen molar-refractivity contribution in [3.63, 3.8) is 0 Å². The number of carbonyl (C=O) groups is 3. The number of hydrogen-bond acceptors (Lipinski definition) is 8. The van der Waals surface area contributed by atoms with E-state index in [1.54, 1.807) is 6.07 Å². The van der Waals surface area contributed by atoms with E-state index in [9.17, 15) is 22.8 Å². The summed E-state index contributed by atoms with van der Waals surface area (Å²) in [5.74, 6) is -1.92. The second-order valence-corrected chi connectivity index (χ2v) is 11.0. The highest BCUT2D eigenvalue weighted by molar-refractivity contribution is 7.89. The van der Waals surface area contributed by atoms with Gasteiger partial charge in [-0.05, 0) is 49.8 Å². The first-order valence-corrected chi connectivity index (χ1v) is 12.8. The monoisotopic (exact) mass is 497 g/mol. The first-order valence-electron chi connectivity index (χ1n) is 11.3. The molecule has 0 aromatic heterocycles. The molecule has 1 saturated heterocycles. The van der Waals surface area contributed by atoms with Gasteiger partial charge in [0.2, 0.25) is 10.0 Å². The number of benzene rings is 1. The molecule has 0 bridgehead atoms. The summed E-state index contributed by atoms with van der Waals surface area (Å²) in [5.41, 5.74) is 0.638. The van der Waals surface area contributed by atoms with Crippen LogP contribution in [-0.4, -0.2) is 77.5 Å². The average molecular weight is 498 g/mol. The molecule has 1 fully saturated rings. The van der Waals surface area contributed by atoms with E-state index in [4.69, 9.17) is 9.47 Å². The SMILES string of the molecule is COC(=O)C(CC(C)C)NC(=O)COC(=O)c1cc(S(=O)(=O)N(C)C)ccc1N1CCCCC1. The summed E-state index contributed by atoms with van der Waals surface area (Å²) < 4.78 is 36.3. The smallest absolute Gasteiger partial charge is 0.340 e. The van der Waals surface area contributed by atoms with Crippen LogP contribution in [-0.2, 0) is 29.1 Å². The fourth-order valence-corrected chi connectivity index (χ4v) is 4.66. The van der Waals surface area contributed by atoms with Gasteiger partial charge in [0.15, 0.2) is 6.61 Å². The van der Waals surface area contributed by atoms with Gasteiger partial charge >= 0.3 is 11.9 Å². The molecule has 0 aliphatic carbocycles. The second kappa shape index (κ2) is 12.2. The lowest BCUT2D eigenvalue weighted by atomic mass is 10.0. The summed E-state index contributed by atoms with van der Waals surface area (Å²) in [6.45, 7) is 4.65. The number of esters is 2. The lowest BCUT2D eigenvalue weighted by molar-refractivity contribution is -0.145. The number of ether oxygens (including phenoxy) is 2. The number of rotatable bonds is 10. The van der Waals surface area contributed by atoms with Crippen molar-refractivity contribution in [3.8, 4) is 0 Å². The molecule has 1 unspecified atom stereocenters. The average Bonchev–Trinajstić information content (AvgIpc) is 2.81. The number of sulfonamides is 1. The minimum absolute atomic E-state index is 0.0441. The van der Waals surface area contributed by atoms with Gasteiger partial charge in [0, 0.05) is 27.2 Å². The van der Waals surface area contributed by atoms with E-state index < -0.39 is 40.5 Å². The molecule has 1 aromatic carbocycles. The van der Waals surface area contributed by atoms with E-state index >= 15 is 0 Å². The van der Waals surface area contributed by atoms with Gasteiger partial charge in [0.1, 0.15) is 6.04 Å². The van der Waals surface area contributed by atoms with Crippen LogP contribution in [0.4, 0.5) is 5.69 Å². The van der Waals surface area contributed by atoms with Crippen LogP contribution in [0.25, 0.3) is 0 Å². The zero-order chi connectivity index (χ0) is 25.5. The molecule has 190 valence electrons. The number of nitrogens with zero attached hydrogens (tertiary/aromatic N) is 2. The Balaban J connectivity index is 2.23. The number of amides is 1. The van der Waals surface area contributed by atoms with Crippen molar-refractivity contribution in [2.75, 3.05) is 45.8 Å². The highest BCUT2D eigenvalue weighted by Crippen LogP contribution is 2.28.